The third kappa shape index (κ3) is 4.70. The highest BCUT2D eigenvalue weighted by atomic mass is 16.5. The number of Topliss-reactive ketones (excluding diaryl/α,β-unsaturated/α-hetero) is 1. The summed E-state index contributed by atoms with van der Waals surface area (Å²) in [6.07, 6.45) is 1.49. The minimum atomic E-state index is 0.00557. The first kappa shape index (κ1) is 19.9. The Hall–Kier alpha value is -3.88. The third-order valence-electron chi connectivity index (χ3n) is 4.04. The molecule has 2 aromatic carbocycles. The lowest BCUT2D eigenvalue weighted by Crippen LogP contribution is -2.03. The number of ether oxygens (including phenoxy) is 3. The molecule has 0 bridgehead atoms. The van der Waals surface area contributed by atoms with Crippen LogP contribution in [0.1, 0.15) is 17.3 Å². The van der Waals surface area contributed by atoms with Gasteiger partial charge in [-0.15, -0.1) is 5.10 Å². The van der Waals surface area contributed by atoms with Crippen LogP contribution >= 0.6 is 0 Å². The predicted molar refractivity (Wildman–Crippen MR) is 109 cm³/mol. The molecule has 0 atom stereocenters. The molecular formula is C20H21N5O4. The van der Waals surface area contributed by atoms with Crippen LogP contribution in [-0.2, 0) is 0 Å². The van der Waals surface area contributed by atoms with Crippen LogP contribution in [0.3, 0.4) is 0 Å². The van der Waals surface area contributed by atoms with Gasteiger partial charge in [0.25, 0.3) is 0 Å². The lowest BCUT2D eigenvalue weighted by Gasteiger charge is -2.15. The summed E-state index contributed by atoms with van der Waals surface area (Å²) in [7, 11) is 4.64. The fourth-order valence-corrected chi connectivity index (χ4v) is 2.64. The fraction of sp³-hybridized carbons (Fsp3) is 0.200. The number of benzene rings is 2. The molecule has 1 aromatic heterocycles. The Balaban J connectivity index is 1.80. The quantitative estimate of drug-likeness (QED) is 0.553. The lowest BCUT2D eigenvalue weighted by molar-refractivity contribution is 0.101. The molecule has 2 N–H and O–H groups in total. The van der Waals surface area contributed by atoms with Crippen molar-refractivity contribution in [2.75, 3.05) is 32.0 Å². The van der Waals surface area contributed by atoms with Gasteiger partial charge < -0.3 is 24.8 Å². The number of nitrogens with one attached hydrogen (secondary N) is 2. The van der Waals surface area contributed by atoms with Gasteiger partial charge in [-0.3, -0.25) is 4.79 Å². The maximum Gasteiger partial charge on any atom is 0.249 e. The molecule has 0 unspecified atom stereocenters. The molecule has 29 heavy (non-hydrogen) atoms. The molecule has 3 rings (SSSR count). The van der Waals surface area contributed by atoms with Crippen LogP contribution in [-0.4, -0.2) is 42.3 Å². The molecule has 0 saturated carbocycles. The molecule has 0 aliphatic carbocycles. The van der Waals surface area contributed by atoms with Crippen molar-refractivity contribution in [3.63, 3.8) is 0 Å². The van der Waals surface area contributed by atoms with Crippen LogP contribution in [0, 0.1) is 0 Å². The summed E-state index contributed by atoms with van der Waals surface area (Å²) in [4.78, 5) is 15.8. The number of carbonyl (C=O) groups is 1. The largest absolute Gasteiger partial charge is 0.493 e. The first-order valence-corrected chi connectivity index (χ1v) is 8.69. The minimum absolute atomic E-state index is 0.00557. The topological polar surface area (TPSA) is 107 Å². The SMILES string of the molecule is COc1cc(Nc2cnnc(Nc3ccc(C(C)=O)cc3)n2)cc(OC)c1OC. The Morgan fingerprint density at radius 2 is 1.55 bits per heavy atom. The van der Waals surface area contributed by atoms with Gasteiger partial charge in [0.2, 0.25) is 11.7 Å². The van der Waals surface area contributed by atoms with E-state index >= 15 is 0 Å². The third-order valence-corrected chi connectivity index (χ3v) is 4.04. The molecule has 1 heterocycles. The standard InChI is InChI=1S/C20H21N5O4/c1-12(26)13-5-7-14(8-6-13)23-20-24-18(11-21-25-20)22-15-9-16(27-2)19(29-4)17(10-15)28-3/h5-11H,1-4H3,(H2,22,23,24,25). The number of methoxy groups -OCH3 is 3. The molecule has 0 aliphatic rings. The number of rotatable bonds is 8. The van der Waals surface area contributed by atoms with E-state index in [2.05, 4.69) is 25.8 Å². The number of aromatic nitrogens is 3. The van der Waals surface area contributed by atoms with Crippen LogP contribution in [0.2, 0.25) is 0 Å². The van der Waals surface area contributed by atoms with E-state index < -0.39 is 0 Å². The molecule has 0 fully saturated rings. The van der Waals surface area contributed by atoms with E-state index in [4.69, 9.17) is 14.2 Å². The molecule has 0 amide bonds. The van der Waals surface area contributed by atoms with Gasteiger partial charge in [0.15, 0.2) is 23.1 Å². The first-order valence-electron chi connectivity index (χ1n) is 8.69. The summed E-state index contributed by atoms with van der Waals surface area (Å²) < 4.78 is 16.0. The summed E-state index contributed by atoms with van der Waals surface area (Å²) in [5, 5.41) is 14.1. The summed E-state index contributed by atoms with van der Waals surface area (Å²) in [6, 6.07) is 10.5. The fourth-order valence-electron chi connectivity index (χ4n) is 2.64. The van der Waals surface area contributed by atoms with E-state index in [1.54, 1.807) is 57.7 Å². The monoisotopic (exact) mass is 395 g/mol. The summed E-state index contributed by atoms with van der Waals surface area (Å²) in [5.41, 5.74) is 2.05. The zero-order valence-electron chi connectivity index (χ0n) is 16.5. The van der Waals surface area contributed by atoms with Crippen molar-refractivity contribution in [1.82, 2.24) is 15.2 Å². The van der Waals surface area contributed by atoms with Gasteiger partial charge in [0.05, 0.1) is 27.5 Å². The number of hydrogen-bond donors (Lipinski definition) is 2. The number of ketones is 1. The molecule has 0 saturated heterocycles. The first-order chi connectivity index (χ1) is 14.0. The molecule has 150 valence electrons. The molecule has 0 spiro atoms. The van der Waals surface area contributed by atoms with Gasteiger partial charge >= 0.3 is 0 Å². The van der Waals surface area contributed by atoms with Crippen LogP contribution < -0.4 is 24.8 Å². The van der Waals surface area contributed by atoms with Crippen molar-refractivity contribution in [2.45, 2.75) is 6.92 Å². The zero-order valence-corrected chi connectivity index (χ0v) is 16.5. The number of hydrogen-bond acceptors (Lipinski definition) is 9. The zero-order chi connectivity index (χ0) is 20.8. The van der Waals surface area contributed by atoms with Crippen molar-refractivity contribution in [3.05, 3.63) is 48.2 Å². The van der Waals surface area contributed by atoms with Crippen LogP contribution in [0.25, 0.3) is 0 Å². The summed E-state index contributed by atoms with van der Waals surface area (Å²) in [5.74, 6) is 2.31. The van der Waals surface area contributed by atoms with Crippen molar-refractivity contribution in [3.8, 4) is 17.2 Å². The second kappa shape index (κ2) is 8.87. The van der Waals surface area contributed by atoms with Crippen molar-refractivity contribution in [2.24, 2.45) is 0 Å². The Labute approximate surface area is 168 Å². The Morgan fingerprint density at radius 3 is 2.10 bits per heavy atom. The normalized spacial score (nSPS) is 10.2. The van der Waals surface area contributed by atoms with Crippen molar-refractivity contribution < 1.29 is 19.0 Å². The predicted octanol–water partition coefficient (Wildman–Crippen LogP) is 3.59. The summed E-state index contributed by atoms with van der Waals surface area (Å²) in [6.45, 7) is 1.52. The maximum absolute atomic E-state index is 11.4. The van der Waals surface area contributed by atoms with Crippen molar-refractivity contribution >= 4 is 28.9 Å². The van der Waals surface area contributed by atoms with Gasteiger partial charge in [0.1, 0.15) is 0 Å². The molecule has 0 radical (unpaired) electrons. The average molecular weight is 395 g/mol. The maximum atomic E-state index is 11.4. The van der Waals surface area contributed by atoms with E-state index in [0.717, 1.165) is 5.69 Å². The molecule has 0 aliphatic heterocycles. The lowest BCUT2D eigenvalue weighted by atomic mass is 10.1. The Kier molecular flexibility index (Phi) is 6.08. The van der Waals surface area contributed by atoms with Gasteiger partial charge in [0, 0.05) is 29.1 Å². The highest BCUT2D eigenvalue weighted by Crippen LogP contribution is 2.40. The second-order valence-corrected chi connectivity index (χ2v) is 5.96. The van der Waals surface area contributed by atoms with E-state index in [1.807, 2.05) is 0 Å². The average Bonchev–Trinajstić information content (AvgIpc) is 2.73. The number of carbonyl (C=O) groups excluding carboxylic acids is 1. The van der Waals surface area contributed by atoms with E-state index in [9.17, 15) is 4.79 Å². The minimum Gasteiger partial charge on any atom is -0.493 e. The number of nitrogens with zero attached hydrogens (tertiary/aromatic N) is 3. The van der Waals surface area contributed by atoms with Crippen LogP contribution in [0.15, 0.2) is 42.6 Å². The molecule has 9 nitrogen and oxygen atoms in total. The second-order valence-electron chi connectivity index (χ2n) is 5.96. The van der Waals surface area contributed by atoms with E-state index in [0.29, 0.717) is 40.3 Å². The number of anilines is 4. The smallest absolute Gasteiger partial charge is 0.249 e. The van der Waals surface area contributed by atoms with Crippen molar-refractivity contribution in [1.29, 1.82) is 0 Å². The highest BCUT2D eigenvalue weighted by molar-refractivity contribution is 5.94. The van der Waals surface area contributed by atoms with Crippen LogP contribution in [0.4, 0.5) is 23.1 Å². The van der Waals surface area contributed by atoms with Gasteiger partial charge in [-0.2, -0.15) is 10.1 Å². The van der Waals surface area contributed by atoms with E-state index in [-0.39, 0.29) is 5.78 Å². The van der Waals surface area contributed by atoms with Gasteiger partial charge in [-0.05, 0) is 31.2 Å². The Morgan fingerprint density at radius 1 is 0.897 bits per heavy atom. The summed E-state index contributed by atoms with van der Waals surface area (Å²) >= 11 is 0. The highest BCUT2D eigenvalue weighted by Gasteiger charge is 2.14. The molecule has 3 aromatic rings. The van der Waals surface area contributed by atoms with Crippen LogP contribution in [0.5, 0.6) is 17.2 Å². The molecule has 9 heteroatoms. The van der Waals surface area contributed by atoms with Gasteiger partial charge in [-0.25, -0.2) is 0 Å². The van der Waals surface area contributed by atoms with E-state index in [1.165, 1.54) is 13.1 Å². The van der Waals surface area contributed by atoms with Gasteiger partial charge in [-0.1, -0.05) is 0 Å². The Bertz CT molecular complexity index is 983. The molecular weight excluding hydrogens is 374 g/mol.